The van der Waals surface area contributed by atoms with E-state index in [1.807, 2.05) is 32.3 Å². The van der Waals surface area contributed by atoms with Crippen molar-refractivity contribution in [3.63, 3.8) is 0 Å². The minimum absolute atomic E-state index is 0.00212. The van der Waals surface area contributed by atoms with Crippen LogP contribution in [0.1, 0.15) is 30.8 Å². The first-order chi connectivity index (χ1) is 12.8. The fourth-order valence-corrected chi connectivity index (χ4v) is 3.27. The summed E-state index contributed by atoms with van der Waals surface area (Å²) >= 11 is 0. The van der Waals surface area contributed by atoms with Crippen molar-refractivity contribution >= 4 is 16.7 Å². The number of amides is 1. The number of fused-ring (bicyclic) bond motifs is 1. The predicted octanol–water partition coefficient (Wildman–Crippen LogP) is 2.53. The fraction of sp³-hybridized carbons (Fsp3) is 0.350. The van der Waals surface area contributed by atoms with Crippen molar-refractivity contribution in [2.75, 3.05) is 0 Å². The summed E-state index contributed by atoms with van der Waals surface area (Å²) in [4.78, 5) is 24.9. The molecule has 0 unspecified atom stereocenters. The highest BCUT2D eigenvalue weighted by atomic mass is 19.1. The van der Waals surface area contributed by atoms with Crippen LogP contribution < -0.4 is 10.9 Å². The standard InChI is InChI=1S/C20H23FN4O2/c1-12(2)23-18(26)11-25-20(27)19-14(4)24(13(3)17(19)9-22-25)10-15-5-7-16(21)8-6-15/h5-9,12H,10-11H2,1-4H3,(H,23,26). The normalized spacial score (nSPS) is 11.3. The Morgan fingerprint density at radius 1 is 1.19 bits per heavy atom. The molecule has 0 fully saturated rings. The summed E-state index contributed by atoms with van der Waals surface area (Å²) in [5.41, 5.74) is 2.37. The van der Waals surface area contributed by atoms with Gasteiger partial charge < -0.3 is 9.88 Å². The number of carbonyl (C=O) groups excluding carboxylic acids is 1. The van der Waals surface area contributed by atoms with Gasteiger partial charge in [0, 0.05) is 29.4 Å². The second-order valence-corrected chi connectivity index (χ2v) is 7.00. The molecule has 0 bridgehead atoms. The number of aromatic nitrogens is 3. The molecular weight excluding hydrogens is 347 g/mol. The first-order valence-electron chi connectivity index (χ1n) is 8.87. The fourth-order valence-electron chi connectivity index (χ4n) is 3.27. The van der Waals surface area contributed by atoms with Crippen LogP contribution in [-0.2, 0) is 17.9 Å². The van der Waals surface area contributed by atoms with Gasteiger partial charge in [0.15, 0.2) is 0 Å². The van der Waals surface area contributed by atoms with Crippen LogP contribution in [0.3, 0.4) is 0 Å². The number of hydrogen-bond donors (Lipinski definition) is 1. The Morgan fingerprint density at radius 3 is 2.48 bits per heavy atom. The Bertz CT molecular complexity index is 1050. The SMILES string of the molecule is Cc1c2cnn(CC(=O)NC(C)C)c(=O)c2c(C)n1Cc1ccc(F)cc1. The average Bonchev–Trinajstić information content (AvgIpc) is 2.83. The zero-order valence-corrected chi connectivity index (χ0v) is 15.9. The van der Waals surface area contributed by atoms with Crippen LogP contribution in [-0.4, -0.2) is 26.3 Å². The molecule has 7 heteroatoms. The number of hydrogen-bond acceptors (Lipinski definition) is 3. The van der Waals surface area contributed by atoms with Gasteiger partial charge in [-0.2, -0.15) is 5.10 Å². The van der Waals surface area contributed by atoms with Gasteiger partial charge in [0.2, 0.25) is 5.91 Å². The maximum Gasteiger partial charge on any atom is 0.276 e. The molecular formula is C20H23FN4O2. The van der Waals surface area contributed by atoms with Crippen LogP contribution in [0, 0.1) is 19.7 Å². The van der Waals surface area contributed by atoms with Gasteiger partial charge in [0.25, 0.3) is 5.56 Å². The minimum atomic E-state index is -0.287. The zero-order valence-electron chi connectivity index (χ0n) is 15.9. The highest BCUT2D eigenvalue weighted by molar-refractivity contribution is 5.87. The molecule has 1 amide bonds. The van der Waals surface area contributed by atoms with Crippen LogP contribution in [0.25, 0.3) is 10.8 Å². The van der Waals surface area contributed by atoms with Crippen molar-refractivity contribution in [1.29, 1.82) is 0 Å². The van der Waals surface area contributed by atoms with E-state index in [2.05, 4.69) is 10.4 Å². The molecule has 0 aliphatic carbocycles. The van der Waals surface area contributed by atoms with Crippen molar-refractivity contribution < 1.29 is 9.18 Å². The molecule has 0 atom stereocenters. The van der Waals surface area contributed by atoms with E-state index in [0.717, 1.165) is 22.3 Å². The molecule has 27 heavy (non-hydrogen) atoms. The van der Waals surface area contributed by atoms with E-state index in [-0.39, 0.29) is 29.9 Å². The van der Waals surface area contributed by atoms with Gasteiger partial charge >= 0.3 is 0 Å². The molecule has 1 aromatic carbocycles. The number of nitrogens with zero attached hydrogens (tertiary/aromatic N) is 3. The summed E-state index contributed by atoms with van der Waals surface area (Å²) in [6.45, 7) is 7.93. The summed E-state index contributed by atoms with van der Waals surface area (Å²) in [6, 6.07) is 6.30. The highest BCUT2D eigenvalue weighted by Crippen LogP contribution is 2.23. The number of benzene rings is 1. The summed E-state index contributed by atoms with van der Waals surface area (Å²) in [5.74, 6) is -0.532. The van der Waals surface area contributed by atoms with Crippen LogP contribution in [0.4, 0.5) is 4.39 Å². The van der Waals surface area contributed by atoms with Crippen molar-refractivity contribution in [1.82, 2.24) is 19.7 Å². The largest absolute Gasteiger partial charge is 0.352 e. The molecule has 3 aromatic rings. The van der Waals surface area contributed by atoms with Crippen molar-refractivity contribution in [2.45, 2.75) is 46.8 Å². The first-order valence-corrected chi connectivity index (χ1v) is 8.87. The molecule has 142 valence electrons. The molecule has 0 saturated heterocycles. The molecule has 0 aliphatic heterocycles. The topological polar surface area (TPSA) is 68.9 Å². The van der Waals surface area contributed by atoms with Crippen molar-refractivity contribution in [2.24, 2.45) is 0 Å². The Labute approximate surface area is 156 Å². The third-order valence-corrected chi connectivity index (χ3v) is 4.60. The molecule has 0 aliphatic rings. The number of nitrogens with one attached hydrogen (secondary N) is 1. The van der Waals surface area contributed by atoms with Gasteiger partial charge in [-0.15, -0.1) is 0 Å². The number of rotatable bonds is 5. The molecule has 1 N–H and O–H groups in total. The molecule has 0 radical (unpaired) electrons. The Morgan fingerprint density at radius 2 is 1.85 bits per heavy atom. The van der Waals surface area contributed by atoms with Crippen LogP contribution in [0.5, 0.6) is 0 Å². The van der Waals surface area contributed by atoms with Gasteiger partial charge in [-0.25, -0.2) is 9.07 Å². The monoisotopic (exact) mass is 370 g/mol. The molecule has 0 spiro atoms. The third-order valence-electron chi connectivity index (χ3n) is 4.60. The molecule has 2 heterocycles. The van der Waals surface area contributed by atoms with Crippen molar-refractivity contribution in [3.05, 3.63) is 63.6 Å². The molecule has 6 nitrogen and oxygen atoms in total. The molecule has 3 rings (SSSR count). The average molecular weight is 370 g/mol. The van der Waals surface area contributed by atoms with Crippen LogP contribution >= 0.6 is 0 Å². The zero-order chi connectivity index (χ0) is 19.7. The smallest absolute Gasteiger partial charge is 0.276 e. The number of aryl methyl sites for hydroxylation is 2. The Hall–Kier alpha value is -2.96. The lowest BCUT2D eigenvalue weighted by molar-refractivity contribution is -0.122. The Balaban J connectivity index is 2.01. The van der Waals surface area contributed by atoms with Crippen LogP contribution in [0.15, 0.2) is 35.3 Å². The minimum Gasteiger partial charge on any atom is -0.352 e. The lowest BCUT2D eigenvalue weighted by Gasteiger charge is -2.09. The van der Waals surface area contributed by atoms with E-state index in [4.69, 9.17) is 0 Å². The second-order valence-electron chi connectivity index (χ2n) is 7.00. The second kappa shape index (κ2) is 7.34. The van der Waals surface area contributed by atoms with E-state index >= 15 is 0 Å². The first kappa shape index (κ1) is 18.8. The maximum atomic E-state index is 13.1. The van der Waals surface area contributed by atoms with E-state index in [1.165, 1.54) is 16.8 Å². The third kappa shape index (κ3) is 3.77. The number of carbonyl (C=O) groups is 1. The van der Waals surface area contributed by atoms with E-state index < -0.39 is 0 Å². The summed E-state index contributed by atoms with van der Waals surface area (Å²) < 4.78 is 16.3. The van der Waals surface area contributed by atoms with Gasteiger partial charge in [0.05, 0.1) is 11.6 Å². The molecule has 0 saturated carbocycles. The van der Waals surface area contributed by atoms with Gasteiger partial charge in [-0.1, -0.05) is 12.1 Å². The maximum absolute atomic E-state index is 13.1. The molecule has 2 aromatic heterocycles. The van der Waals surface area contributed by atoms with E-state index in [1.54, 1.807) is 18.3 Å². The lowest BCUT2D eigenvalue weighted by atomic mass is 10.2. The summed E-state index contributed by atoms with van der Waals surface area (Å²) in [5, 5.41) is 8.25. The lowest BCUT2D eigenvalue weighted by Crippen LogP contribution is -2.36. The van der Waals surface area contributed by atoms with E-state index in [9.17, 15) is 14.0 Å². The summed E-state index contributed by atoms with van der Waals surface area (Å²) in [7, 11) is 0. The van der Waals surface area contributed by atoms with Gasteiger partial charge in [-0.05, 0) is 45.4 Å². The predicted molar refractivity (Wildman–Crippen MR) is 102 cm³/mol. The van der Waals surface area contributed by atoms with Gasteiger partial charge in [-0.3, -0.25) is 9.59 Å². The Kier molecular flexibility index (Phi) is 5.12. The quantitative estimate of drug-likeness (QED) is 0.750. The van der Waals surface area contributed by atoms with Gasteiger partial charge in [0.1, 0.15) is 12.4 Å². The highest BCUT2D eigenvalue weighted by Gasteiger charge is 2.17. The summed E-state index contributed by atoms with van der Waals surface area (Å²) in [6.07, 6.45) is 1.63. The van der Waals surface area contributed by atoms with Crippen molar-refractivity contribution in [3.8, 4) is 0 Å². The van der Waals surface area contributed by atoms with Crippen LogP contribution in [0.2, 0.25) is 0 Å². The van der Waals surface area contributed by atoms with E-state index in [0.29, 0.717) is 11.9 Å². The number of halogens is 1.